The van der Waals surface area contributed by atoms with E-state index in [1.807, 2.05) is 0 Å². The lowest BCUT2D eigenvalue weighted by Crippen LogP contribution is -1.91. The van der Waals surface area contributed by atoms with E-state index in [1.165, 1.54) is 18.3 Å². The molecule has 0 saturated heterocycles. The number of nitro groups is 1. The molecular weight excluding hydrogens is 370 g/mol. The van der Waals surface area contributed by atoms with Crippen molar-refractivity contribution in [1.82, 2.24) is 20.6 Å². The summed E-state index contributed by atoms with van der Waals surface area (Å²) in [5.74, 6) is 1.14. The summed E-state index contributed by atoms with van der Waals surface area (Å²) in [4.78, 5) is 10.4. The first kappa shape index (κ1) is 14.8. The third-order valence-corrected chi connectivity index (χ3v) is 3.45. The van der Waals surface area contributed by atoms with Crippen molar-refractivity contribution in [3.63, 3.8) is 0 Å². The highest BCUT2D eigenvalue weighted by Crippen LogP contribution is 2.32. The predicted molar refractivity (Wildman–Crippen MR) is 83.9 cm³/mol. The van der Waals surface area contributed by atoms with Crippen molar-refractivity contribution in [2.75, 3.05) is 5.43 Å². The molecule has 116 valence electrons. The van der Waals surface area contributed by atoms with Crippen LogP contribution in [-0.4, -0.2) is 31.8 Å². The average Bonchev–Trinajstić information content (AvgIpc) is 3.19. The number of hydrogen-bond acceptors (Lipinski definition) is 8. The summed E-state index contributed by atoms with van der Waals surface area (Å²) >= 11 is 3.35. The summed E-state index contributed by atoms with van der Waals surface area (Å²) in [5.41, 5.74) is 3.11. The summed E-state index contributed by atoms with van der Waals surface area (Å²) in [5, 5.41) is 27.7. The minimum absolute atomic E-state index is 0.0198. The van der Waals surface area contributed by atoms with Crippen LogP contribution in [0, 0.1) is 10.1 Å². The van der Waals surface area contributed by atoms with Crippen LogP contribution in [0.1, 0.15) is 5.76 Å². The van der Waals surface area contributed by atoms with Crippen molar-refractivity contribution in [2.24, 2.45) is 5.10 Å². The van der Waals surface area contributed by atoms with Crippen LogP contribution in [0.4, 0.5) is 11.6 Å². The van der Waals surface area contributed by atoms with Gasteiger partial charge in [-0.3, -0.25) is 10.1 Å². The number of hydrogen-bond donors (Lipinski definition) is 2. The first-order valence-electron chi connectivity index (χ1n) is 6.20. The molecule has 2 aromatic heterocycles. The van der Waals surface area contributed by atoms with Crippen molar-refractivity contribution in [1.29, 1.82) is 0 Å². The maximum Gasteiger partial charge on any atom is 0.283 e. The molecule has 11 heteroatoms. The van der Waals surface area contributed by atoms with Crippen LogP contribution in [-0.2, 0) is 0 Å². The van der Waals surface area contributed by atoms with Crippen LogP contribution >= 0.6 is 15.9 Å². The highest BCUT2D eigenvalue weighted by atomic mass is 79.9. The number of aromatic amines is 1. The molecule has 23 heavy (non-hydrogen) atoms. The topological polar surface area (TPSA) is 135 Å². The Hall–Kier alpha value is -3.08. The van der Waals surface area contributed by atoms with Crippen LogP contribution in [0.2, 0.25) is 0 Å². The number of benzene rings is 1. The Morgan fingerprint density at radius 2 is 2.26 bits per heavy atom. The largest absolute Gasteiger partial charge is 0.455 e. The Morgan fingerprint density at radius 3 is 3.00 bits per heavy atom. The Balaban J connectivity index is 1.80. The Bertz CT molecular complexity index is 859. The number of nitrogens with one attached hydrogen (secondary N) is 2. The minimum atomic E-state index is -0.462. The normalized spacial score (nSPS) is 11.0. The van der Waals surface area contributed by atoms with E-state index in [0.717, 1.165) is 0 Å². The molecule has 0 aliphatic rings. The van der Waals surface area contributed by atoms with Gasteiger partial charge in [0, 0.05) is 22.2 Å². The number of halogens is 1. The van der Waals surface area contributed by atoms with Gasteiger partial charge in [0.15, 0.2) is 0 Å². The van der Waals surface area contributed by atoms with Crippen LogP contribution in [0.5, 0.6) is 0 Å². The van der Waals surface area contributed by atoms with E-state index in [-0.39, 0.29) is 11.6 Å². The van der Waals surface area contributed by atoms with Crippen molar-refractivity contribution in [3.05, 3.63) is 50.7 Å². The summed E-state index contributed by atoms with van der Waals surface area (Å²) in [7, 11) is 0. The fraction of sp³-hybridized carbons (Fsp3) is 0. The third-order valence-electron chi connectivity index (χ3n) is 2.75. The van der Waals surface area contributed by atoms with E-state index in [9.17, 15) is 10.1 Å². The zero-order chi connectivity index (χ0) is 16.2. The number of rotatable bonds is 5. The summed E-state index contributed by atoms with van der Waals surface area (Å²) in [6, 6.07) is 7.82. The average molecular weight is 378 g/mol. The molecule has 2 heterocycles. The van der Waals surface area contributed by atoms with Crippen molar-refractivity contribution < 1.29 is 9.34 Å². The van der Waals surface area contributed by atoms with Crippen molar-refractivity contribution >= 4 is 33.8 Å². The molecule has 0 aliphatic heterocycles. The Morgan fingerprint density at radius 1 is 1.39 bits per heavy atom. The van der Waals surface area contributed by atoms with Gasteiger partial charge in [0.05, 0.1) is 11.1 Å². The summed E-state index contributed by atoms with van der Waals surface area (Å²) in [6.45, 7) is 0. The molecule has 3 rings (SSSR count). The second-order valence-electron chi connectivity index (χ2n) is 4.23. The molecule has 10 nitrogen and oxygen atoms in total. The van der Waals surface area contributed by atoms with Gasteiger partial charge in [-0.05, 0) is 23.4 Å². The smallest absolute Gasteiger partial charge is 0.283 e. The van der Waals surface area contributed by atoms with Gasteiger partial charge in [-0.1, -0.05) is 21.0 Å². The number of aromatic nitrogens is 4. The molecule has 0 radical (unpaired) electrons. The lowest BCUT2D eigenvalue weighted by Gasteiger charge is -2.00. The number of furan rings is 1. The van der Waals surface area contributed by atoms with E-state index in [2.05, 4.69) is 47.1 Å². The number of hydrazone groups is 1. The fourth-order valence-corrected chi connectivity index (χ4v) is 2.19. The number of non-ortho nitro benzene ring substituents is 1. The second-order valence-corrected chi connectivity index (χ2v) is 5.08. The fourth-order valence-electron chi connectivity index (χ4n) is 1.75. The number of H-pyrrole nitrogens is 1. The summed E-state index contributed by atoms with van der Waals surface area (Å²) < 4.78 is 6.28. The standard InChI is InChI=1S/C12H8BrN7O3/c13-10-3-1-7(20(21)22)5-9(10)11-4-2-8(23-11)6-14-15-12-16-18-19-17-12/h1-6H,(H2,15,16,17,18,19)/b14-6-. The Kier molecular flexibility index (Phi) is 4.10. The van der Waals surface area contributed by atoms with Crippen LogP contribution in [0.25, 0.3) is 11.3 Å². The molecule has 0 atom stereocenters. The molecule has 0 bridgehead atoms. The van der Waals surface area contributed by atoms with Gasteiger partial charge in [-0.15, -0.1) is 5.10 Å². The Labute approximate surface area is 136 Å². The number of anilines is 1. The van der Waals surface area contributed by atoms with Crippen LogP contribution in [0.3, 0.4) is 0 Å². The van der Waals surface area contributed by atoms with Crippen LogP contribution in [0.15, 0.2) is 44.3 Å². The van der Waals surface area contributed by atoms with E-state index >= 15 is 0 Å². The van der Waals surface area contributed by atoms with Crippen molar-refractivity contribution in [3.8, 4) is 11.3 Å². The zero-order valence-electron chi connectivity index (χ0n) is 11.3. The zero-order valence-corrected chi connectivity index (χ0v) is 12.9. The minimum Gasteiger partial charge on any atom is -0.455 e. The quantitative estimate of drug-likeness (QED) is 0.396. The van der Waals surface area contributed by atoms with E-state index in [1.54, 1.807) is 18.2 Å². The molecule has 0 aliphatic carbocycles. The highest BCUT2D eigenvalue weighted by Gasteiger charge is 2.13. The molecule has 0 unspecified atom stereocenters. The lowest BCUT2D eigenvalue weighted by atomic mass is 10.1. The molecule has 0 spiro atoms. The van der Waals surface area contributed by atoms with Gasteiger partial charge in [0.25, 0.3) is 11.6 Å². The summed E-state index contributed by atoms with van der Waals surface area (Å²) in [6.07, 6.45) is 1.42. The van der Waals surface area contributed by atoms with E-state index < -0.39 is 4.92 Å². The predicted octanol–water partition coefficient (Wildman–Crippen LogP) is 2.58. The lowest BCUT2D eigenvalue weighted by molar-refractivity contribution is -0.384. The molecule has 3 aromatic rings. The second kappa shape index (κ2) is 6.36. The molecule has 0 fully saturated rings. The monoisotopic (exact) mass is 377 g/mol. The van der Waals surface area contributed by atoms with Gasteiger partial charge >= 0.3 is 0 Å². The van der Waals surface area contributed by atoms with Crippen LogP contribution < -0.4 is 5.43 Å². The van der Waals surface area contributed by atoms with Gasteiger partial charge < -0.3 is 4.42 Å². The van der Waals surface area contributed by atoms with E-state index in [0.29, 0.717) is 21.6 Å². The first-order chi connectivity index (χ1) is 11.1. The molecule has 0 saturated carbocycles. The van der Waals surface area contributed by atoms with Gasteiger partial charge in [-0.25, -0.2) is 5.43 Å². The third kappa shape index (κ3) is 3.40. The maximum absolute atomic E-state index is 10.9. The molecule has 0 amide bonds. The first-order valence-corrected chi connectivity index (χ1v) is 6.99. The van der Waals surface area contributed by atoms with Gasteiger partial charge in [0.2, 0.25) is 0 Å². The molecule has 2 N–H and O–H groups in total. The van der Waals surface area contributed by atoms with Gasteiger partial charge in [-0.2, -0.15) is 10.3 Å². The highest BCUT2D eigenvalue weighted by molar-refractivity contribution is 9.10. The van der Waals surface area contributed by atoms with Gasteiger partial charge in [0.1, 0.15) is 11.5 Å². The number of nitrogens with zero attached hydrogens (tertiary/aromatic N) is 5. The maximum atomic E-state index is 10.9. The number of tetrazole rings is 1. The SMILES string of the molecule is O=[N+]([O-])c1ccc(Br)c(-c2ccc(/C=N\Nc3nn[nH]n3)o2)c1. The van der Waals surface area contributed by atoms with E-state index in [4.69, 9.17) is 4.42 Å². The van der Waals surface area contributed by atoms with Crippen molar-refractivity contribution in [2.45, 2.75) is 0 Å². The molecule has 1 aromatic carbocycles. The number of nitro benzene ring substituents is 1. The molecular formula is C12H8BrN7O3.